The number of ketones is 1. The van der Waals surface area contributed by atoms with Crippen LogP contribution in [0.25, 0.3) is 0 Å². The van der Waals surface area contributed by atoms with E-state index in [2.05, 4.69) is 13.8 Å². The largest absolute Gasteiger partial charge is 0.294 e. The summed E-state index contributed by atoms with van der Waals surface area (Å²) in [6.07, 6.45) is 0. The van der Waals surface area contributed by atoms with Gasteiger partial charge in [0.15, 0.2) is 5.78 Å². The Hall–Kier alpha value is -0.760. The molecule has 0 fully saturated rings. The van der Waals surface area contributed by atoms with Crippen molar-refractivity contribution in [1.82, 2.24) is 0 Å². The molecule has 0 unspecified atom stereocenters. The van der Waals surface area contributed by atoms with Gasteiger partial charge in [0, 0.05) is 16.2 Å². The Morgan fingerprint density at radius 1 is 1.36 bits per heavy atom. The van der Waals surface area contributed by atoms with Gasteiger partial charge in [0.25, 0.3) is 0 Å². The standard InChI is InChI=1S/C12H16OS/c1-9(2)8-14-12-7-5-4-6-11(12)10(3)13/h4-7,9H,8H2,1-3H3. The predicted octanol–water partition coefficient (Wildman–Crippen LogP) is 3.64. The Morgan fingerprint density at radius 2 is 2.00 bits per heavy atom. The number of thioether (sulfide) groups is 1. The highest BCUT2D eigenvalue weighted by atomic mass is 32.2. The van der Waals surface area contributed by atoms with Crippen molar-refractivity contribution in [3.8, 4) is 0 Å². The molecule has 1 rings (SSSR count). The smallest absolute Gasteiger partial charge is 0.160 e. The highest BCUT2D eigenvalue weighted by molar-refractivity contribution is 7.99. The van der Waals surface area contributed by atoms with Crippen molar-refractivity contribution in [2.45, 2.75) is 25.7 Å². The highest BCUT2D eigenvalue weighted by Crippen LogP contribution is 2.24. The lowest BCUT2D eigenvalue weighted by molar-refractivity contribution is 0.101. The summed E-state index contributed by atoms with van der Waals surface area (Å²) >= 11 is 1.76. The molecular weight excluding hydrogens is 192 g/mol. The second-order valence-corrected chi connectivity index (χ2v) is 4.82. The molecule has 0 N–H and O–H groups in total. The average molecular weight is 208 g/mol. The minimum atomic E-state index is 0.150. The first-order chi connectivity index (χ1) is 6.61. The van der Waals surface area contributed by atoms with Gasteiger partial charge in [0.05, 0.1) is 0 Å². The minimum absolute atomic E-state index is 0.150. The van der Waals surface area contributed by atoms with E-state index in [1.807, 2.05) is 24.3 Å². The Balaban J connectivity index is 2.79. The molecule has 1 aromatic carbocycles. The molecule has 14 heavy (non-hydrogen) atoms. The lowest BCUT2D eigenvalue weighted by atomic mass is 10.1. The molecule has 0 bridgehead atoms. The second-order valence-electron chi connectivity index (χ2n) is 3.76. The summed E-state index contributed by atoms with van der Waals surface area (Å²) in [5.74, 6) is 1.86. The van der Waals surface area contributed by atoms with Crippen LogP contribution >= 0.6 is 11.8 Å². The van der Waals surface area contributed by atoms with Crippen LogP contribution in [0.15, 0.2) is 29.2 Å². The van der Waals surface area contributed by atoms with Crippen molar-refractivity contribution in [1.29, 1.82) is 0 Å². The molecule has 0 aliphatic rings. The van der Waals surface area contributed by atoms with Crippen LogP contribution in [0.3, 0.4) is 0 Å². The monoisotopic (exact) mass is 208 g/mol. The molecule has 1 nitrogen and oxygen atoms in total. The van der Waals surface area contributed by atoms with E-state index >= 15 is 0 Å². The van der Waals surface area contributed by atoms with Crippen LogP contribution < -0.4 is 0 Å². The highest BCUT2D eigenvalue weighted by Gasteiger charge is 2.06. The first kappa shape index (κ1) is 11.3. The molecule has 1 aromatic rings. The van der Waals surface area contributed by atoms with Gasteiger partial charge in [-0.2, -0.15) is 0 Å². The van der Waals surface area contributed by atoms with E-state index in [-0.39, 0.29) is 5.78 Å². The van der Waals surface area contributed by atoms with Gasteiger partial charge in [0.1, 0.15) is 0 Å². The van der Waals surface area contributed by atoms with E-state index in [1.54, 1.807) is 18.7 Å². The Morgan fingerprint density at radius 3 is 2.57 bits per heavy atom. The van der Waals surface area contributed by atoms with Gasteiger partial charge in [-0.1, -0.05) is 32.0 Å². The van der Waals surface area contributed by atoms with E-state index in [9.17, 15) is 4.79 Å². The number of hydrogen-bond donors (Lipinski definition) is 0. The third-order valence-corrected chi connectivity index (χ3v) is 3.34. The molecule has 0 saturated carbocycles. The van der Waals surface area contributed by atoms with E-state index in [0.717, 1.165) is 16.2 Å². The predicted molar refractivity (Wildman–Crippen MR) is 62.0 cm³/mol. The van der Waals surface area contributed by atoms with Crippen LogP contribution in [0.4, 0.5) is 0 Å². The number of Topliss-reactive ketones (excluding diaryl/α,β-unsaturated/α-hetero) is 1. The lowest BCUT2D eigenvalue weighted by Gasteiger charge is -2.07. The van der Waals surface area contributed by atoms with E-state index in [0.29, 0.717) is 5.92 Å². The van der Waals surface area contributed by atoms with Gasteiger partial charge in [-0.05, 0) is 18.9 Å². The molecule has 0 aliphatic heterocycles. The zero-order valence-electron chi connectivity index (χ0n) is 8.91. The van der Waals surface area contributed by atoms with Crippen LogP contribution in [0.1, 0.15) is 31.1 Å². The van der Waals surface area contributed by atoms with Crippen molar-refractivity contribution >= 4 is 17.5 Å². The van der Waals surface area contributed by atoms with Crippen molar-refractivity contribution in [3.63, 3.8) is 0 Å². The molecule has 0 aromatic heterocycles. The van der Waals surface area contributed by atoms with Crippen LogP contribution in [-0.2, 0) is 0 Å². The molecule has 0 amide bonds. The summed E-state index contributed by atoms with van der Waals surface area (Å²) in [6, 6.07) is 7.81. The van der Waals surface area contributed by atoms with Gasteiger partial charge in [0.2, 0.25) is 0 Å². The quantitative estimate of drug-likeness (QED) is 0.555. The zero-order chi connectivity index (χ0) is 10.6. The van der Waals surface area contributed by atoms with Crippen LogP contribution in [-0.4, -0.2) is 11.5 Å². The van der Waals surface area contributed by atoms with Crippen LogP contribution in [0, 0.1) is 5.92 Å². The summed E-state index contributed by atoms with van der Waals surface area (Å²) < 4.78 is 0. The van der Waals surface area contributed by atoms with Crippen LogP contribution in [0.5, 0.6) is 0 Å². The maximum Gasteiger partial charge on any atom is 0.160 e. The first-order valence-corrected chi connectivity index (χ1v) is 5.82. The number of benzene rings is 1. The number of hydrogen-bond acceptors (Lipinski definition) is 2. The number of carbonyl (C=O) groups excluding carboxylic acids is 1. The van der Waals surface area contributed by atoms with E-state index < -0.39 is 0 Å². The Labute approximate surface area is 89.9 Å². The Bertz CT molecular complexity index is 318. The SMILES string of the molecule is CC(=O)c1ccccc1SCC(C)C. The fourth-order valence-electron chi connectivity index (χ4n) is 1.14. The fraction of sp³-hybridized carbons (Fsp3) is 0.417. The molecule has 0 spiro atoms. The summed E-state index contributed by atoms with van der Waals surface area (Å²) in [6.45, 7) is 5.99. The van der Waals surface area contributed by atoms with Gasteiger partial charge in [-0.25, -0.2) is 0 Å². The summed E-state index contributed by atoms with van der Waals surface area (Å²) in [5, 5.41) is 0. The van der Waals surface area contributed by atoms with Crippen molar-refractivity contribution in [3.05, 3.63) is 29.8 Å². The third kappa shape index (κ3) is 3.18. The summed E-state index contributed by atoms with van der Waals surface area (Å²) in [5.41, 5.74) is 0.846. The zero-order valence-corrected chi connectivity index (χ0v) is 9.73. The summed E-state index contributed by atoms with van der Waals surface area (Å²) in [7, 11) is 0. The van der Waals surface area contributed by atoms with Crippen molar-refractivity contribution in [2.75, 3.05) is 5.75 Å². The third-order valence-electron chi connectivity index (χ3n) is 1.84. The van der Waals surface area contributed by atoms with E-state index in [1.165, 1.54) is 0 Å². The molecule has 2 heteroatoms. The summed E-state index contributed by atoms with van der Waals surface area (Å²) in [4.78, 5) is 12.4. The van der Waals surface area contributed by atoms with Crippen molar-refractivity contribution in [2.24, 2.45) is 5.92 Å². The van der Waals surface area contributed by atoms with Gasteiger partial charge < -0.3 is 0 Å². The molecule has 76 valence electrons. The topological polar surface area (TPSA) is 17.1 Å². The lowest BCUT2D eigenvalue weighted by Crippen LogP contribution is -1.97. The molecule has 0 aliphatic carbocycles. The second kappa shape index (κ2) is 5.20. The van der Waals surface area contributed by atoms with Gasteiger partial charge in [-0.3, -0.25) is 4.79 Å². The minimum Gasteiger partial charge on any atom is -0.294 e. The van der Waals surface area contributed by atoms with Gasteiger partial charge in [-0.15, -0.1) is 11.8 Å². The number of carbonyl (C=O) groups is 1. The van der Waals surface area contributed by atoms with Crippen LogP contribution in [0.2, 0.25) is 0 Å². The average Bonchev–Trinajstić information content (AvgIpc) is 2.15. The first-order valence-electron chi connectivity index (χ1n) is 4.84. The molecule has 0 atom stereocenters. The fourth-order valence-corrected chi connectivity index (χ4v) is 2.19. The van der Waals surface area contributed by atoms with E-state index in [4.69, 9.17) is 0 Å². The maximum atomic E-state index is 11.3. The molecule has 0 heterocycles. The molecule has 0 saturated heterocycles. The maximum absolute atomic E-state index is 11.3. The molecule has 0 radical (unpaired) electrons. The molecular formula is C12H16OS. The van der Waals surface area contributed by atoms with Gasteiger partial charge >= 0.3 is 0 Å². The normalized spacial score (nSPS) is 10.6. The van der Waals surface area contributed by atoms with Crippen molar-refractivity contribution < 1.29 is 4.79 Å². The Kier molecular flexibility index (Phi) is 4.21. The number of rotatable bonds is 4.